The van der Waals surface area contributed by atoms with Gasteiger partial charge in [0.2, 0.25) is 5.91 Å². The Balaban J connectivity index is 1.92. The average Bonchev–Trinajstić information content (AvgIpc) is 2.92. The summed E-state index contributed by atoms with van der Waals surface area (Å²) < 4.78 is 5.91. The predicted octanol–water partition coefficient (Wildman–Crippen LogP) is 1.41. The molecule has 0 aliphatic heterocycles. The molecule has 0 heterocycles. The van der Waals surface area contributed by atoms with Crippen LogP contribution in [0.5, 0.6) is 0 Å². The van der Waals surface area contributed by atoms with Gasteiger partial charge < -0.3 is 10.1 Å². The molecule has 1 spiro atoms. The number of carbonyl (C=O) groups is 1. The lowest BCUT2D eigenvalue weighted by molar-refractivity contribution is -0.163. The SMILES string of the molecule is C#CCNC(=O)CN(C)[C@@H]1C[C@@H](OCC)C12CCCC2. The van der Waals surface area contributed by atoms with Crippen molar-refractivity contribution in [3.8, 4) is 12.3 Å². The van der Waals surface area contributed by atoms with Crippen LogP contribution in [0.4, 0.5) is 0 Å². The third-order valence-corrected chi connectivity index (χ3v) is 4.96. The van der Waals surface area contributed by atoms with E-state index < -0.39 is 0 Å². The van der Waals surface area contributed by atoms with Crippen LogP contribution in [-0.4, -0.2) is 49.7 Å². The van der Waals surface area contributed by atoms with Crippen molar-refractivity contribution in [3.05, 3.63) is 0 Å². The Morgan fingerprint density at radius 1 is 1.50 bits per heavy atom. The van der Waals surface area contributed by atoms with E-state index in [-0.39, 0.29) is 11.3 Å². The third kappa shape index (κ3) is 2.84. The summed E-state index contributed by atoms with van der Waals surface area (Å²) in [6.45, 7) is 3.58. The molecular formula is C16H26N2O2. The first-order valence-corrected chi connectivity index (χ1v) is 7.66. The van der Waals surface area contributed by atoms with Crippen molar-refractivity contribution in [2.45, 2.75) is 51.2 Å². The molecule has 4 nitrogen and oxygen atoms in total. The van der Waals surface area contributed by atoms with Gasteiger partial charge >= 0.3 is 0 Å². The van der Waals surface area contributed by atoms with E-state index >= 15 is 0 Å². The standard InChI is InChI=1S/C16H26N2O2/c1-4-10-17-15(19)12-18(3)13-11-14(20-5-2)16(13)8-6-7-9-16/h1,13-14H,5-12H2,2-3H3,(H,17,19)/t13-,14-/m1/s1. The number of likely N-dealkylation sites (N-methyl/N-ethyl adjacent to an activating group) is 1. The molecule has 4 heteroatoms. The van der Waals surface area contributed by atoms with Gasteiger partial charge in [-0.05, 0) is 33.2 Å². The minimum atomic E-state index is 0.0125. The van der Waals surface area contributed by atoms with Crippen molar-refractivity contribution < 1.29 is 9.53 Å². The molecule has 2 saturated carbocycles. The molecule has 0 aromatic rings. The minimum Gasteiger partial charge on any atom is -0.378 e. The number of terminal acetylenes is 1. The number of hydrogen-bond acceptors (Lipinski definition) is 3. The molecule has 0 bridgehead atoms. The normalized spacial score (nSPS) is 27.3. The number of carbonyl (C=O) groups excluding carboxylic acids is 1. The van der Waals surface area contributed by atoms with Crippen LogP contribution in [0.15, 0.2) is 0 Å². The van der Waals surface area contributed by atoms with Crippen LogP contribution in [0, 0.1) is 17.8 Å². The van der Waals surface area contributed by atoms with Gasteiger partial charge in [-0.3, -0.25) is 9.69 Å². The van der Waals surface area contributed by atoms with Crippen molar-refractivity contribution in [2.75, 3.05) is 26.7 Å². The highest BCUT2D eigenvalue weighted by Gasteiger charge is 2.57. The second-order valence-corrected chi connectivity index (χ2v) is 6.03. The van der Waals surface area contributed by atoms with Crippen LogP contribution in [0.1, 0.15) is 39.0 Å². The quantitative estimate of drug-likeness (QED) is 0.747. The van der Waals surface area contributed by atoms with E-state index in [1.165, 1.54) is 25.7 Å². The van der Waals surface area contributed by atoms with E-state index in [0.29, 0.717) is 25.2 Å². The fourth-order valence-corrected chi connectivity index (χ4v) is 4.01. The third-order valence-electron chi connectivity index (χ3n) is 4.96. The average molecular weight is 278 g/mol. The highest BCUT2D eigenvalue weighted by molar-refractivity contribution is 5.78. The van der Waals surface area contributed by atoms with E-state index in [1.807, 2.05) is 7.05 Å². The van der Waals surface area contributed by atoms with Crippen molar-refractivity contribution in [3.63, 3.8) is 0 Å². The number of nitrogens with zero attached hydrogens (tertiary/aromatic N) is 1. The monoisotopic (exact) mass is 278 g/mol. The number of rotatable bonds is 6. The molecule has 0 aromatic heterocycles. The summed E-state index contributed by atoms with van der Waals surface area (Å²) in [6.07, 6.45) is 11.6. The van der Waals surface area contributed by atoms with Crippen molar-refractivity contribution in [2.24, 2.45) is 5.41 Å². The second-order valence-electron chi connectivity index (χ2n) is 6.03. The number of amides is 1. The molecule has 20 heavy (non-hydrogen) atoms. The van der Waals surface area contributed by atoms with Crippen molar-refractivity contribution in [1.29, 1.82) is 0 Å². The number of nitrogens with one attached hydrogen (secondary N) is 1. The highest BCUT2D eigenvalue weighted by Crippen LogP contribution is 2.56. The molecular weight excluding hydrogens is 252 g/mol. The molecule has 112 valence electrons. The Morgan fingerprint density at radius 3 is 2.80 bits per heavy atom. The van der Waals surface area contributed by atoms with Crippen LogP contribution in [-0.2, 0) is 9.53 Å². The van der Waals surface area contributed by atoms with Gasteiger partial charge in [-0.25, -0.2) is 0 Å². The molecule has 0 radical (unpaired) electrons. The van der Waals surface area contributed by atoms with Gasteiger partial charge in [-0.2, -0.15) is 0 Å². The van der Waals surface area contributed by atoms with E-state index in [0.717, 1.165) is 13.0 Å². The van der Waals surface area contributed by atoms with Crippen LogP contribution in [0.3, 0.4) is 0 Å². The maximum absolute atomic E-state index is 11.8. The molecule has 0 unspecified atom stereocenters. The zero-order valence-corrected chi connectivity index (χ0v) is 12.7. The Morgan fingerprint density at radius 2 is 2.20 bits per heavy atom. The van der Waals surface area contributed by atoms with Gasteiger partial charge in [0.15, 0.2) is 0 Å². The summed E-state index contributed by atoms with van der Waals surface area (Å²) in [7, 11) is 2.04. The number of ether oxygens (including phenoxy) is 1. The first kappa shape index (κ1) is 15.3. The summed E-state index contributed by atoms with van der Waals surface area (Å²) in [5.41, 5.74) is 0.289. The van der Waals surface area contributed by atoms with Crippen LogP contribution in [0.2, 0.25) is 0 Å². The fourth-order valence-electron chi connectivity index (χ4n) is 4.01. The van der Waals surface area contributed by atoms with Crippen molar-refractivity contribution >= 4 is 5.91 Å². The summed E-state index contributed by atoms with van der Waals surface area (Å²) >= 11 is 0. The van der Waals surface area contributed by atoms with E-state index in [1.54, 1.807) is 0 Å². The molecule has 2 aliphatic rings. The van der Waals surface area contributed by atoms with Gasteiger partial charge in [0.05, 0.1) is 19.2 Å². The van der Waals surface area contributed by atoms with E-state index in [9.17, 15) is 4.79 Å². The van der Waals surface area contributed by atoms with Gasteiger partial charge in [-0.1, -0.05) is 18.8 Å². The fraction of sp³-hybridized carbons (Fsp3) is 0.812. The molecule has 2 rings (SSSR count). The summed E-state index contributed by atoms with van der Waals surface area (Å²) in [4.78, 5) is 14.0. The molecule has 2 fully saturated rings. The first-order chi connectivity index (χ1) is 9.64. The van der Waals surface area contributed by atoms with Gasteiger partial charge in [0, 0.05) is 18.1 Å². The van der Waals surface area contributed by atoms with E-state index in [2.05, 4.69) is 23.1 Å². The zero-order chi connectivity index (χ0) is 14.6. The Kier molecular flexibility index (Phi) is 5.06. The van der Waals surface area contributed by atoms with Gasteiger partial charge in [0.25, 0.3) is 0 Å². The largest absolute Gasteiger partial charge is 0.378 e. The lowest BCUT2D eigenvalue weighted by Crippen LogP contribution is -2.63. The Bertz CT molecular complexity index is 382. The smallest absolute Gasteiger partial charge is 0.234 e. The molecule has 2 aliphatic carbocycles. The van der Waals surface area contributed by atoms with Gasteiger partial charge in [-0.15, -0.1) is 6.42 Å². The maximum atomic E-state index is 11.8. The van der Waals surface area contributed by atoms with E-state index in [4.69, 9.17) is 11.2 Å². The highest BCUT2D eigenvalue weighted by atomic mass is 16.5. The summed E-state index contributed by atoms with van der Waals surface area (Å²) in [5, 5.41) is 2.73. The van der Waals surface area contributed by atoms with Crippen LogP contribution >= 0.6 is 0 Å². The molecule has 2 atom stereocenters. The lowest BCUT2D eigenvalue weighted by Gasteiger charge is -2.57. The van der Waals surface area contributed by atoms with Gasteiger partial charge in [0.1, 0.15) is 0 Å². The maximum Gasteiger partial charge on any atom is 0.234 e. The topological polar surface area (TPSA) is 41.6 Å². The molecule has 1 amide bonds. The molecule has 0 aromatic carbocycles. The molecule has 0 saturated heterocycles. The van der Waals surface area contributed by atoms with Crippen molar-refractivity contribution in [1.82, 2.24) is 10.2 Å². The Hall–Kier alpha value is -1.05. The summed E-state index contributed by atoms with van der Waals surface area (Å²) in [6, 6.07) is 0.470. The molecule has 1 N–H and O–H groups in total. The Labute approximate surface area is 122 Å². The zero-order valence-electron chi connectivity index (χ0n) is 12.7. The van der Waals surface area contributed by atoms with Crippen LogP contribution < -0.4 is 5.32 Å². The van der Waals surface area contributed by atoms with Crippen LogP contribution in [0.25, 0.3) is 0 Å². The number of hydrogen-bond donors (Lipinski definition) is 1. The predicted molar refractivity (Wildman–Crippen MR) is 79.2 cm³/mol. The second kappa shape index (κ2) is 6.60. The minimum absolute atomic E-state index is 0.0125. The summed E-state index contributed by atoms with van der Waals surface area (Å²) in [5.74, 6) is 2.44. The lowest BCUT2D eigenvalue weighted by atomic mass is 9.60. The first-order valence-electron chi connectivity index (χ1n) is 7.66.